The SMILES string of the molecule is CCOC(=O)C1CCCN(C(=O)c2cncn2-c2ccccc2)C1. The number of ether oxygens (including phenoxy) is 1. The van der Waals surface area contributed by atoms with E-state index in [4.69, 9.17) is 4.74 Å². The van der Waals surface area contributed by atoms with Crippen LogP contribution in [0.5, 0.6) is 0 Å². The van der Waals surface area contributed by atoms with Crippen molar-refractivity contribution in [1.29, 1.82) is 0 Å². The van der Waals surface area contributed by atoms with Crippen molar-refractivity contribution >= 4 is 11.9 Å². The molecule has 0 spiro atoms. The Morgan fingerprint density at radius 3 is 2.83 bits per heavy atom. The smallest absolute Gasteiger partial charge is 0.310 e. The molecule has 1 aromatic heterocycles. The normalized spacial score (nSPS) is 17.5. The molecule has 0 radical (unpaired) electrons. The maximum Gasteiger partial charge on any atom is 0.310 e. The second-order valence-electron chi connectivity index (χ2n) is 5.83. The van der Waals surface area contributed by atoms with Crippen LogP contribution in [0.2, 0.25) is 0 Å². The number of amides is 1. The zero-order valence-corrected chi connectivity index (χ0v) is 13.7. The highest BCUT2D eigenvalue weighted by molar-refractivity contribution is 5.93. The number of esters is 1. The molecular formula is C18H21N3O3. The van der Waals surface area contributed by atoms with Crippen molar-refractivity contribution in [3.8, 4) is 5.69 Å². The van der Waals surface area contributed by atoms with Crippen molar-refractivity contribution in [3.05, 3.63) is 48.5 Å². The van der Waals surface area contributed by atoms with E-state index < -0.39 is 0 Å². The first-order valence-electron chi connectivity index (χ1n) is 8.24. The van der Waals surface area contributed by atoms with Gasteiger partial charge in [0.25, 0.3) is 5.91 Å². The third-order valence-corrected chi connectivity index (χ3v) is 4.22. The predicted octanol–water partition coefficient (Wildman–Crippen LogP) is 2.29. The highest BCUT2D eigenvalue weighted by atomic mass is 16.5. The monoisotopic (exact) mass is 327 g/mol. The molecule has 6 heteroatoms. The summed E-state index contributed by atoms with van der Waals surface area (Å²) in [5.41, 5.74) is 1.39. The van der Waals surface area contributed by atoms with Gasteiger partial charge >= 0.3 is 5.97 Å². The number of para-hydroxylation sites is 1. The molecule has 3 rings (SSSR count). The molecule has 1 amide bonds. The van der Waals surface area contributed by atoms with Crippen molar-refractivity contribution in [2.45, 2.75) is 19.8 Å². The topological polar surface area (TPSA) is 64.4 Å². The van der Waals surface area contributed by atoms with Crippen LogP contribution in [0.3, 0.4) is 0 Å². The maximum atomic E-state index is 12.9. The number of carbonyl (C=O) groups excluding carboxylic acids is 2. The molecule has 1 aliphatic rings. The Morgan fingerprint density at radius 2 is 2.08 bits per heavy atom. The first kappa shape index (κ1) is 16.2. The van der Waals surface area contributed by atoms with E-state index in [-0.39, 0.29) is 17.8 Å². The molecule has 1 saturated heterocycles. The molecule has 0 bridgehead atoms. The van der Waals surface area contributed by atoms with Gasteiger partial charge in [0.15, 0.2) is 0 Å². The number of rotatable bonds is 4. The summed E-state index contributed by atoms with van der Waals surface area (Å²) >= 11 is 0. The Kier molecular flexibility index (Phi) is 4.93. The molecule has 1 unspecified atom stereocenters. The van der Waals surface area contributed by atoms with E-state index >= 15 is 0 Å². The van der Waals surface area contributed by atoms with E-state index in [1.54, 1.807) is 28.9 Å². The van der Waals surface area contributed by atoms with Crippen LogP contribution in [0.25, 0.3) is 5.69 Å². The van der Waals surface area contributed by atoms with Gasteiger partial charge in [-0.25, -0.2) is 4.98 Å². The van der Waals surface area contributed by atoms with E-state index in [0.29, 0.717) is 25.4 Å². The molecule has 1 atom stereocenters. The second kappa shape index (κ2) is 7.29. The van der Waals surface area contributed by atoms with Crippen molar-refractivity contribution in [2.75, 3.05) is 19.7 Å². The van der Waals surface area contributed by atoms with Crippen LogP contribution in [-0.2, 0) is 9.53 Å². The van der Waals surface area contributed by atoms with Crippen molar-refractivity contribution in [1.82, 2.24) is 14.5 Å². The number of hydrogen-bond donors (Lipinski definition) is 0. The third-order valence-electron chi connectivity index (χ3n) is 4.22. The molecular weight excluding hydrogens is 306 g/mol. The van der Waals surface area contributed by atoms with Gasteiger partial charge in [-0.2, -0.15) is 0 Å². The molecule has 6 nitrogen and oxygen atoms in total. The number of likely N-dealkylation sites (tertiary alicyclic amines) is 1. The molecule has 0 saturated carbocycles. The van der Waals surface area contributed by atoms with E-state index in [9.17, 15) is 9.59 Å². The Morgan fingerprint density at radius 1 is 1.29 bits per heavy atom. The van der Waals surface area contributed by atoms with Crippen molar-refractivity contribution in [2.24, 2.45) is 5.92 Å². The Hall–Kier alpha value is -2.63. The molecule has 1 aromatic carbocycles. The number of carbonyl (C=O) groups is 2. The second-order valence-corrected chi connectivity index (χ2v) is 5.83. The minimum Gasteiger partial charge on any atom is -0.466 e. The van der Waals surface area contributed by atoms with Gasteiger partial charge in [0, 0.05) is 18.8 Å². The number of benzene rings is 1. The first-order chi connectivity index (χ1) is 11.7. The van der Waals surface area contributed by atoms with Gasteiger partial charge < -0.3 is 9.64 Å². The van der Waals surface area contributed by atoms with Crippen molar-refractivity contribution in [3.63, 3.8) is 0 Å². The Labute approximate surface area is 141 Å². The molecule has 126 valence electrons. The minimum atomic E-state index is -0.240. The van der Waals surface area contributed by atoms with Gasteiger partial charge in [-0.3, -0.25) is 14.2 Å². The molecule has 2 aromatic rings. The fraction of sp³-hybridized carbons (Fsp3) is 0.389. The lowest BCUT2D eigenvalue weighted by Crippen LogP contribution is -2.43. The van der Waals surface area contributed by atoms with Crippen LogP contribution < -0.4 is 0 Å². The van der Waals surface area contributed by atoms with Crippen LogP contribution in [0.4, 0.5) is 0 Å². The number of nitrogens with zero attached hydrogens (tertiary/aromatic N) is 3. The largest absolute Gasteiger partial charge is 0.466 e. The zero-order chi connectivity index (χ0) is 16.9. The van der Waals surface area contributed by atoms with Gasteiger partial charge in [-0.15, -0.1) is 0 Å². The summed E-state index contributed by atoms with van der Waals surface area (Å²) in [4.78, 5) is 30.7. The van der Waals surface area contributed by atoms with E-state index in [2.05, 4.69) is 4.98 Å². The lowest BCUT2D eigenvalue weighted by Gasteiger charge is -2.31. The molecule has 0 N–H and O–H groups in total. The summed E-state index contributed by atoms with van der Waals surface area (Å²) in [6.07, 6.45) is 4.77. The van der Waals surface area contributed by atoms with E-state index in [1.165, 1.54) is 0 Å². The summed E-state index contributed by atoms with van der Waals surface area (Å²) in [6.45, 7) is 3.21. The average molecular weight is 327 g/mol. The van der Waals surface area contributed by atoms with Gasteiger partial charge in [0.1, 0.15) is 5.69 Å². The maximum absolute atomic E-state index is 12.9. The van der Waals surface area contributed by atoms with Crippen LogP contribution in [0.15, 0.2) is 42.9 Å². The molecule has 1 fully saturated rings. The van der Waals surface area contributed by atoms with Gasteiger partial charge in [0.05, 0.1) is 25.0 Å². The highest BCUT2D eigenvalue weighted by Gasteiger charge is 2.31. The quantitative estimate of drug-likeness (QED) is 0.808. The first-order valence-corrected chi connectivity index (χ1v) is 8.24. The van der Waals surface area contributed by atoms with Crippen LogP contribution in [0, 0.1) is 5.92 Å². The van der Waals surface area contributed by atoms with Crippen molar-refractivity contribution < 1.29 is 14.3 Å². The number of piperidine rings is 1. The standard InChI is InChI=1S/C18H21N3O3/c1-2-24-18(23)14-7-6-10-20(12-14)17(22)16-11-19-13-21(16)15-8-4-3-5-9-15/h3-5,8-9,11,13-14H,2,6-7,10,12H2,1H3. The van der Waals surface area contributed by atoms with Gasteiger partial charge in [-0.05, 0) is 31.9 Å². The lowest BCUT2D eigenvalue weighted by atomic mass is 9.98. The third kappa shape index (κ3) is 3.32. The fourth-order valence-corrected chi connectivity index (χ4v) is 3.02. The molecule has 2 heterocycles. The summed E-state index contributed by atoms with van der Waals surface area (Å²) in [7, 11) is 0. The van der Waals surface area contributed by atoms with E-state index in [1.807, 2.05) is 30.3 Å². The number of aromatic nitrogens is 2. The Balaban J connectivity index is 1.78. The van der Waals surface area contributed by atoms with Crippen LogP contribution >= 0.6 is 0 Å². The predicted molar refractivity (Wildman–Crippen MR) is 88.8 cm³/mol. The minimum absolute atomic E-state index is 0.106. The molecule has 1 aliphatic heterocycles. The summed E-state index contributed by atoms with van der Waals surface area (Å²) in [5.74, 6) is -0.562. The summed E-state index contributed by atoms with van der Waals surface area (Å²) < 4.78 is 6.87. The van der Waals surface area contributed by atoms with E-state index in [0.717, 1.165) is 18.5 Å². The number of hydrogen-bond acceptors (Lipinski definition) is 4. The number of imidazole rings is 1. The molecule has 24 heavy (non-hydrogen) atoms. The van der Waals surface area contributed by atoms with Crippen LogP contribution in [0.1, 0.15) is 30.3 Å². The Bertz CT molecular complexity index is 711. The average Bonchev–Trinajstić information content (AvgIpc) is 3.12. The summed E-state index contributed by atoms with van der Waals surface area (Å²) in [6, 6.07) is 9.62. The van der Waals surface area contributed by atoms with Gasteiger partial charge in [0.2, 0.25) is 0 Å². The van der Waals surface area contributed by atoms with Gasteiger partial charge in [-0.1, -0.05) is 18.2 Å². The van der Waals surface area contributed by atoms with Crippen LogP contribution in [-0.4, -0.2) is 46.0 Å². The zero-order valence-electron chi connectivity index (χ0n) is 13.7. The highest BCUT2D eigenvalue weighted by Crippen LogP contribution is 2.21. The summed E-state index contributed by atoms with van der Waals surface area (Å²) in [5, 5.41) is 0. The fourth-order valence-electron chi connectivity index (χ4n) is 3.02. The lowest BCUT2D eigenvalue weighted by molar-refractivity contribution is -0.149. The molecule has 0 aliphatic carbocycles.